The molecule has 0 saturated carbocycles. The molecule has 3 saturated heterocycles. The van der Waals surface area contributed by atoms with E-state index >= 15 is 0 Å². The predicted molar refractivity (Wildman–Crippen MR) is 248 cm³/mol. The predicted octanol–water partition coefficient (Wildman–Crippen LogP) is 9.11. The maximum atomic E-state index is 14.0. The summed E-state index contributed by atoms with van der Waals surface area (Å²) in [5, 5.41) is 16.0. The Morgan fingerprint density at radius 3 is 2.48 bits per heavy atom. The van der Waals surface area contributed by atoms with Gasteiger partial charge in [0.05, 0.1) is 27.6 Å². The third-order valence-electron chi connectivity index (χ3n) is 13.0. The lowest BCUT2D eigenvalue weighted by molar-refractivity contribution is -0.384. The molecular weight excluding hydrogens is 831 g/mol. The topological polar surface area (TPSA) is 172 Å². The van der Waals surface area contributed by atoms with Crippen LogP contribution in [0.5, 0.6) is 11.5 Å². The minimum Gasteiger partial charge on any atom is -0.455 e. The molecule has 3 fully saturated rings. The highest BCUT2D eigenvalue weighted by Crippen LogP contribution is 2.40. The number of hydrogen-bond donors (Lipinski definition) is 3. The Morgan fingerprint density at radius 1 is 0.906 bits per heavy atom. The van der Waals surface area contributed by atoms with Gasteiger partial charge in [0.15, 0.2) is 0 Å². The van der Waals surface area contributed by atoms with Gasteiger partial charge in [0.2, 0.25) is 0 Å². The number of nitro groups is 1. The fraction of sp³-hybridized carbons (Fsp3) is 0.347. The largest absolute Gasteiger partial charge is 0.455 e. The average molecular weight is 884 g/mol. The van der Waals surface area contributed by atoms with Crippen molar-refractivity contribution in [2.24, 2.45) is 11.8 Å². The standard InChI is InChI=1S/C49H53N7O7S/c1-54-23-17-33(18-24-54)27-37-5-2-3-6-42(37)45-7-4-22-55(45)39-11-8-35(9-12-39)36-10-14-43(47(29-36)63-40-28-38-16-21-50-48(38)52-32-40)49(57)53-64(60,61)41-13-15-44(46(30-41)56(58)59)51-31-34-19-25-62-26-20-34/h2-3,5-6,8-16,21,28-30,32-34,45,51H,4,7,17-20,22-27,31H2,1H3,(H,50,52)(H,53,57)/t45-/m1/s1. The van der Waals surface area contributed by atoms with Crippen LogP contribution in [0, 0.1) is 22.0 Å². The summed E-state index contributed by atoms with van der Waals surface area (Å²) >= 11 is 0. The second-order valence-electron chi connectivity index (χ2n) is 17.3. The van der Waals surface area contributed by atoms with Crippen LogP contribution in [0.2, 0.25) is 0 Å². The molecule has 3 N–H and O–H groups in total. The highest BCUT2D eigenvalue weighted by atomic mass is 32.2. The van der Waals surface area contributed by atoms with Gasteiger partial charge in [0.25, 0.3) is 21.6 Å². The monoisotopic (exact) mass is 883 g/mol. The quantitative estimate of drug-likeness (QED) is 0.0704. The van der Waals surface area contributed by atoms with Crippen LogP contribution in [0.25, 0.3) is 22.2 Å². The van der Waals surface area contributed by atoms with E-state index in [0.717, 1.165) is 80.0 Å². The summed E-state index contributed by atoms with van der Waals surface area (Å²) in [5.41, 5.74) is 6.01. The fourth-order valence-corrected chi connectivity index (χ4v) is 10.3. The number of anilines is 2. The lowest BCUT2D eigenvalue weighted by atomic mass is 9.86. The molecule has 0 radical (unpaired) electrons. The Balaban J connectivity index is 0.960. The molecule has 0 bridgehead atoms. The number of carbonyl (C=O) groups excluding carboxylic acids is 1. The molecule has 0 aliphatic carbocycles. The van der Waals surface area contributed by atoms with E-state index in [0.29, 0.717) is 37.1 Å². The van der Waals surface area contributed by atoms with Gasteiger partial charge >= 0.3 is 0 Å². The minimum absolute atomic E-state index is 0.0545. The molecule has 3 aliphatic rings. The zero-order chi connectivity index (χ0) is 44.2. The number of ether oxygens (including phenoxy) is 2. The van der Waals surface area contributed by atoms with Crippen molar-refractivity contribution in [3.8, 4) is 22.6 Å². The number of rotatable bonds is 14. The molecule has 332 valence electrons. The maximum absolute atomic E-state index is 14.0. The molecule has 15 heteroatoms. The van der Waals surface area contributed by atoms with Crippen molar-refractivity contribution in [1.82, 2.24) is 19.6 Å². The van der Waals surface area contributed by atoms with Gasteiger partial charge in [-0.15, -0.1) is 0 Å². The summed E-state index contributed by atoms with van der Waals surface area (Å²) in [6, 6.07) is 29.8. The van der Waals surface area contributed by atoms with Gasteiger partial charge in [0.1, 0.15) is 22.8 Å². The van der Waals surface area contributed by atoms with Crippen LogP contribution in [-0.4, -0.2) is 80.6 Å². The van der Waals surface area contributed by atoms with Crippen molar-refractivity contribution in [2.75, 3.05) is 56.7 Å². The van der Waals surface area contributed by atoms with Gasteiger partial charge in [-0.05, 0) is 148 Å². The molecule has 3 aliphatic heterocycles. The summed E-state index contributed by atoms with van der Waals surface area (Å²) in [6.07, 6.45) is 10.7. The van der Waals surface area contributed by atoms with Crippen molar-refractivity contribution in [3.63, 3.8) is 0 Å². The number of pyridine rings is 1. The summed E-state index contributed by atoms with van der Waals surface area (Å²) in [6.45, 7) is 5.00. The lowest BCUT2D eigenvalue weighted by Gasteiger charge is -2.32. The van der Waals surface area contributed by atoms with Crippen LogP contribution in [0.15, 0.2) is 114 Å². The summed E-state index contributed by atoms with van der Waals surface area (Å²) in [5.74, 6) is 0.450. The molecule has 1 atom stereocenters. The highest BCUT2D eigenvalue weighted by Gasteiger charge is 2.30. The van der Waals surface area contributed by atoms with Gasteiger partial charge in [-0.3, -0.25) is 14.9 Å². The van der Waals surface area contributed by atoms with E-state index in [2.05, 4.69) is 85.4 Å². The smallest absolute Gasteiger partial charge is 0.293 e. The van der Waals surface area contributed by atoms with Crippen molar-refractivity contribution in [2.45, 2.75) is 55.9 Å². The Morgan fingerprint density at radius 2 is 1.69 bits per heavy atom. The minimum atomic E-state index is -4.57. The second kappa shape index (κ2) is 18.8. The SMILES string of the molecule is CN1CCC(Cc2ccccc2[C@H]2CCCN2c2ccc(-c3ccc(C(=O)NS(=O)(=O)c4ccc(NCC5CCOCC5)c([N+](=O)[O-])c4)c(Oc4cnc5[nH]ccc5c4)c3)cc2)CC1. The summed E-state index contributed by atoms with van der Waals surface area (Å²) in [4.78, 5) is 37.4. The number of fused-ring (bicyclic) bond motifs is 1. The van der Waals surface area contributed by atoms with Crippen LogP contribution in [0.1, 0.15) is 66.1 Å². The Hall–Kier alpha value is -6.29. The number of benzene rings is 4. The van der Waals surface area contributed by atoms with Gasteiger partial charge in [0, 0.05) is 49.6 Å². The average Bonchev–Trinajstić information content (AvgIpc) is 4.00. The van der Waals surface area contributed by atoms with Gasteiger partial charge < -0.3 is 29.6 Å². The zero-order valence-corrected chi connectivity index (χ0v) is 36.7. The number of nitrogens with zero attached hydrogens (tertiary/aromatic N) is 4. The molecule has 14 nitrogen and oxygen atoms in total. The molecule has 0 unspecified atom stereocenters. The normalized spacial score (nSPS) is 17.7. The van der Waals surface area contributed by atoms with E-state index in [1.165, 1.54) is 48.4 Å². The first-order valence-corrected chi connectivity index (χ1v) is 23.6. The van der Waals surface area contributed by atoms with Crippen LogP contribution in [0.3, 0.4) is 0 Å². The van der Waals surface area contributed by atoms with Gasteiger partial charge in [-0.2, -0.15) is 0 Å². The van der Waals surface area contributed by atoms with Crippen molar-refractivity contribution >= 4 is 44.0 Å². The van der Waals surface area contributed by atoms with Gasteiger partial charge in [-0.25, -0.2) is 18.1 Å². The number of nitrogens with one attached hydrogen (secondary N) is 3. The fourth-order valence-electron chi connectivity index (χ4n) is 9.36. The number of aromatic nitrogens is 2. The molecule has 0 spiro atoms. The van der Waals surface area contributed by atoms with E-state index < -0.39 is 31.4 Å². The van der Waals surface area contributed by atoms with Crippen LogP contribution in [0.4, 0.5) is 17.1 Å². The van der Waals surface area contributed by atoms with E-state index in [1.54, 1.807) is 24.4 Å². The van der Waals surface area contributed by atoms with E-state index in [1.807, 2.05) is 6.07 Å². The van der Waals surface area contributed by atoms with Crippen LogP contribution >= 0.6 is 0 Å². The first-order valence-electron chi connectivity index (χ1n) is 22.1. The number of sulfonamides is 1. The van der Waals surface area contributed by atoms with Crippen LogP contribution < -0.4 is 19.7 Å². The summed E-state index contributed by atoms with van der Waals surface area (Å²) < 4.78 is 41.3. The second-order valence-corrected chi connectivity index (χ2v) is 18.9. The van der Waals surface area contributed by atoms with E-state index in [9.17, 15) is 23.3 Å². The maximum Gasteiger partial charge on any atom is 0.293 e. The van der Waals surface area contributed by atoms with Crippen molar-refractivity contribution in [1.29, 1.82) is 0 Å². The van der Waals surface area contributed by atoms with E-state index in [-0.39, 0.29) is 29.0 Å². The van der Waals surface area contributed by atoms with E-state index in [4.69, 9.17) is 9.47 Å². The number of likely N-dealkylation sites (tertiary alicyclic amines) is 1. The zero-order valence-electron chi connectivity index (χ0n) is 35.9. The number of hydrogen-bond acceptors (Lipinski definition) is 11. The Bertz CT molecular complexity index is 2750. The Labute approximate surface area is 373 Å². The lowest BCUT2D eigenvalue weighted by Crippen LogP contribution is -2.31. The Kier molecular flexibility index (Phi) is 12.6. The molecular formula is C49H53N7O7S. The van der Waals surface area contributed by atoms with Gasteiger partial charge in [-0.1, -0.05) is 42.5 Å². The molecule has 9 rings (SSSR count). The first-order chi connectivity index (χ1) is 31.1. The highest BCUT2D eigenvalue weighted by molar-refractivity contribution is 7.90. The molecule has 1 amide bonds. The number of nitro benzene ring substituents is 1. The molecule has 2 aromatic heterocycles. The van der Waals surface area contributed by atoms with Crippen molar-refractivity contribution in [3.05, 3.63) is 136 Å². The third-order valence-corrected chi connectivity index (χ3v) is 14.3. The molecule has 4 aromatic carbocycles. The molecule has 6 aromatic rings. The third kappa shape index (κ3) is 9.61. The van der Waals surface area contributed by atoms with Crippen molar-refractivity contribution < 1.29 is 27.6 Å². The number of amides is 1. The molecule has 64 heavy (non-hydrogen) atoms. The molecule has 5 heterocycles. The summed E-state index contributed by atoms with van der Waals surface area (Å²) in [7, 11) is -2.36. The number of carbonyl (C=O) groups is 1. The first kappa shape index (κ1) is 43.0. The number of piperidine rings is 1. The van der Waals surface area contributed by atoms with Crippen LogP contribution in [-0.2, 0) is 21.2 Å². The number of H-pyrrole nitrogens is 1. The number of aromatic amines is 1.